The highest BCUT2D eigenvalue weighted by Crippen LogP contribution is 2.25. The number of aliphatic carboxylic acids is 1. The van der Waals surface area contributed by atoms with E-state index in [2.05, 4.69) is 5.32 Å². The summed E-state index contributed by atoms with van der Waals surface area (Å²) in [7, 11) is -3.48. The normalized spacial score (nSPS) is 19.5. The second-order valence-corrected chi connectivity index (χ2v) is 7.93. The van der Waals surface area contributed by atoms with Crippen LogP contribution in [0.1, 0.15) is 52.4 Å². The van der Waals surface area contributed by atoms with E-state index in [9.17, 15) is 18.0 Å². The van der Waals surface area contributed by atoms with Gasteiger partial charge < -0.3 is 10.4 Å². The molecule has 0 bridgehead atoms. The van der Waals surface area contributed by atoms with Gasteiger partial charge in [0.25, 0.3) is 0 Å². The van der Waals surface area contributed by atoms with Crippen molar-refractivity contribution in [3.8, 4) is 0 Å². The molecule has 0 heterocycles. The molecule has 0 radical (unpaired) electrons. The number of amides is 1. The lowest BCUT2D eigenvalue weighted by Crippen LogP contribution is -2.53. The SMILES string of the molecule is CCCC(C)(NC(=O)CS(=O)(=O)C1CCCC1)C(=O)O. The van der Waals surface area contributed by atoms with E-state index < -0.39 is 38.3 Å². The van der Waals surface area contributed by atoms with Crippen molar-refractivity contribution in [2.24, 2.45) is 0 Å². The number of carboxylic acids is 1. The van der Waals surface area contributed by atoms with Crippen molar-refractivity contribution in [1.29, 1.82) is 0 Å². The molecule has 0 aliphatic heterocycles. The third-order valence-corrected chi connectivity index (χ3v) is 5.93. The molecule has 1 fully saturated rings. The van der Waals surface area contributed by atoms with Gasteiger partial charge in [-0.1, -0.05) is 26.2 Å². The zero-order chi connectivity index (χ0) is 15.4. The summed E-state index contributed by atoms with van der Waals surface area (Å²) < 4.78 is 24.1. The Hall–Kier alpha value is -1.11. The maximum Gasteiger partial charge on any atom is 0.329 e. The lowest BCUT2D eigenvalue weighted by Gasteiger charge is -2.26. The summed E-state index contributed by atoms with van der Waals surface area (Å²) in [5, 5.41) is 11.1. The maximum atomic E-state index is 12.0. The number of hydrogen-bond donors (Lipinski definition) is 2. The van der Waals surface area contributed by atoms with Gasteiger partial charge in [-0.05, 0) is 26.2 Å². The van der Waals surface area contributed by atoms with Crippen LogP contribution in [0.5, 0.6) is 0 Å². The first-order chi connectivity index (χ1) is 9.21. The molecule has 1 amide bonds. The minimum absolute atomic E-state index is 0.261. The summed E-state index contributed by atoms with van der Waals surface area (Å²) in [6.45, 7) is 3.21. The van der Waals surface area contributed by atoms with Gasteiger partial charge in [0.1, 0.15) is 11.3 Å². The van der Waals surface area contributed by atoms with E-state index >= 15 is 0 Å². The van der Waals surface area contributed by atoms with Crippen LogP contribution in [0.2, 0.25) is 0 Å². The summed E-state index contributed by atoms with van der Waals surface area (Å²) in [6, 6.07) is 0. The number of carboxylic acid groups (broad SMARTS) is 1. The highest BCUT2D eigenvalue weighted by Gasteiger charge is 2.36. The van der Waals surface area contributed by atoms with Crippen LogP contribution >= 0.6 is 0 Å². The number of carbonyl (C=O) groups excluding carboxylic acids is 1. The monoisotopic (exact) mass is 305 g/mol. The maximum absolute atomic E-state index is 12.0. The average molecular weight is 305 g/mol. The summed E-state index contributed by atoms with van der Waals surface area (Å²) in [6.07, 6.45) is 3.78. The molecule has 1 unspecified atom stereocenters. The summed E-state index contributed by atoms with van der Waals surface area (Å²) in [4.78, 5) is 23.1. The molecule has 0 aromatic heterocycles. The lowest BCUT2D eigenvalue weighted by molar-refractivity contribution is -0.146. The highest BCUT2D eigenvalue weighted by molar-refractivity contribution is 7.92. The van der Waals surface area contributed by atoms with Gasteiger partial charge in [-0.25, -0.2) is 13.2 Å². The Morgan fingerprint density at radius 2 is 1.85 bits per heavy atom. The number of nitrogens with one attached hydrogen (secondary N) is 1. The van der Waals surface area contributed by atoms with E-state index in [4.69, 9.17) is 5.11 Å². The zero-order valence-corrected chi connectivity index (χ0v) is 12.8. The van der Waals surface area contributed by atoms with Crippen molar-refractivity contribution >= 4 is 21.7 Å². The minimum atomic E-state index is -3.48. The first kappa shape index (κ1) is 16.9. The van der Waals surface area contributed by atoms with E-state index in [1.807, 2.05) is 6.92 Å². The molecule has 6 nitrogen and oxygen atoms in total. The quantitative estimate of drug-likeness (QED) is 0.733. The van der Waals surface area contributed by atoms with Crippen molar-refractivity contribution in [2.75, 3.05) is 5.75 Å². The molecule has 2 N–H and O–H groups in total. The van der Waals surface area contributed by atoms with Crippen LogP contribution < -0.4 is 5.32 Å². The predicted octanol–water partition coefficient (Wildman–Crippen LogP) is 1.10. The number of carbonyl (C=O) groups is 2. The summed E-state index contributed by atoms with van der Waals surface area (Å²) in [5.74, 6) is -2.49. The lowest BCUT2D eigenvalue weighted by atomic mass is 9.96. The van der Waals surface area contributed by atoms with E-state index in [0.717, 1.165) is 12.8 Å². The van der Waals surface area contributed by atoms with E-state index in [0.29, 0.717) is 19.3 Å². The van der Waals surface area contributed by atoms with Gasteiger partial charge in [0, 0.05) is 0 Å². The van der Waals surface area contributed by atoms with Crippen molar-refractivity contribution < 1.29 is 23.1 Å². The molecule has 0 spiro atoms. The van der Waals surface area contributed by atoms with Crippen LogP contribution in [0.25, 0.3) is 0 Å². The predicted molar refractivity (Wildman–Crippen MR) is 75.1 cm³/mol. The van der Waals surface area contributed by atoms with Gasteiger partial charge in [0.05, 0.1) is 5.25 Å². The van der Waals surface area contributed by atoms with E-state index in [-0.39, 0.29) is 6.42 Å². The molecule has 7 heteroatoms. The van der Waals surface area contributed by atoms with E-state index in [1.165, 1.54) is 6.92 Å². The zero-order valence-electron chi connectivity index (χ0n) is 12.0. The van der Waals surface area contributed by atoms with Gasteiger partial charge >= 0.3 is 5.97 Å². The van der Waals surface area contributed by atoms with Crippen molar-refractivity contribution in [2.45, 2.75) is 63.2 Å². The molecular weight excluding hydrogens is 282 g/mol. The molecule has 1 rings (SSSR count). The molecule has 0 aromatic rings. The van der Waals surface area contributed by atoms with Crippen molar-refractivity contribution in [1.82, 2.24) is 5.32 Å². The van der Waals surface area contributed by atoms with Crippen molar-refractivity contribution in [3.05, 3.63) is 0 Å². The van der Waals surface area contributed by atoms with Gasteiger partial charge in [0.2, 0.25) is 5.91 Å². The molecule has 20 heavy (non-hydrogen) atoms. The van der Waals surface area contributed by atoms with E-state index in [1.54, 1.807) is 0 Å². The average Bonchev–Trinajstić information content (AvgIpc) is 2.81. The Morgan fingerprint density at radius 1 is 1.30 bits per heavy atom. The summed E-state index contributed by atoms with van der Waals surface area (Å²) >= 11 is 0. The first-order valence-corrected chi connectivity index (χ1v) is 8.69. The molecule has 0 aromatic carbocycles. The Morgan fingerprint density at radius 3 is 2.30 bits per heavy atom. The third-order valence-electron chi connectivity index (χ3n) is 3.78. The largest absolute Gasteiger partial charge is 0.480 e. The van der Waals surface area contributed by atoms with Crippen LogP contribution in [0, 0.1) is 0 Å². The Labute approximate surface area is 119 Å². The van der Waals surface area contributed by atoms with Crippen molar-refractivity contribution in [3.63, 3.8) is 0 Å². The van der Waals surface area contributed by atoms with Gasteiger partial charge in [0.15, 0.2) is 9.84 Å². The first-order valence-electron chi connectivity index (χ1n) is 6.97. The summed E-state index contributed by atoms with van der Waals surface area (Å²) in [5.41, 5.74) is -1.41. The minimum Gasteiger partial charge on any atom is -0.480 e. The molecule has 1 saturated carbocycles. The molecule has 1 aliphatic rings. The second kappa shape index (κ2) is 6.56. The van der Waals surface area contributed by atoms with Crippen LogP contribution in [-0.4, -0.2) is 41.9 Å². The Kier molecular flexibility index (Phi) is 5.56. The molecule has 116 valence electrons. The molecule has 1 atom stereocenters. The molecule has 1 aliphatic carbocycles. The number of rotatable bonds is 7. The van der Waals surface area contributed by atoms with Crippen LogP contribution in [0.3, 0.4) is 0 Å². The fourth-order valence-corrected chi connectivity index (χ4v) is 4.34. The molecule has 0 saturated heterocycles. The highest BCUT2D eigenvalue weighted by atomic mass is 32.2. The topological polar surface area (TPSA) is 101 Å². The van der Waals surface area contributed by atoms with Crippen LogP contribution in [-0.2, 0) is 19.4 Å². The number of hydrogen-bond acceptors (Lipinski definition) is 4. The van der Waals surface area contributed by atoms with Gasteiger partial charge in [-0.3, -0.25) is 4.79 Å². The van der Waals surface area contributed by atoms with Gasteiger partial charge in [-0.15, -0.1) is 0 Å². The molecular formula is C13H23NO5S. The fraction of sp³-hybridized carbons (Fsp3) is 0.846. The van der Waals surface area contributed by atoms with Gasteiger partial charge in [-0.2, -0.15) is 0 Å². The van der Waals surface area contributed by atoms with Crippen LogP contribution in [0.15, 0.2) is 0 Å². The Balaban J connectivity index is 2.68. The fourth-order valence-electron chi connectivity index (χ4n) is 2.61. The number of sulfone groups is 1. The third kappa shape index (κ3) is 4.19. The second-order valence-electron chi connectivity index (χ2n) is 5.65. The smallest absolute Gasteiger partial charge is 0.329 e. The standard InChI is InChI=1S/C13H23NO5S/c1-3-8-13(2,12(16)17)14-11(15)9-20(18,19)10-6-4-5-7-10/h10H,3-9H2,1-2H3,(H,14,15)(H,16,17). The van der Waals surface area contributed by atoms with Crippen LogP contribution in [0.4, 0.5) is 0 Å². The Bertz CT molecular complexity index is 467.